The van der Waals surface area contributed by atoms with Gasteiger partial charge in [0.15, 0.2) is 0 Å². The molecule has 0 aliphatic rings. The van der Waals surface area contributed by atoms with Gasteiger partial charge in [0.05, 0.1) is 10.2 Å². The van der Waals surface area contributed by atoms with Crippen LogP contribution in [0.1, 0.15) is 5.69 Å². The summed E-state index contributed by atoms with van der Waals surface area (Å²) in [5.41, 5.74) is 8.66. The number of hydrogen-bond acceptors (Lipinski definition) is 2. The maximum Gasteiger partial charge on any atom is 0.107 e. The van der Waals surface area contributed by atoms with Crippen molar-refractivity contribution in [3.63, 3.8) is 0 Å². The molecule has 1 aromatic heterocycles. The molecule has 0 saturated carbocycles. The maximum atomic E-state index is 5.87. The normalized spacial score (nSPS) is 10.8. The molecule has 0 atom stereocenters. The summed E-state index contributed by atoms with van der Waals surface area (Å²) in [6.45, 7) is 0.609. The van der Waals surface area contributed by atoms with Crippen molar-refractivity contribution >= 4 is 27.5 Å². The first-order valence-corrected chi connectivity index (χ1v) is 6.48. The first-order chi connectivity index (χ1) is 8.13. The molecular weight excluding hydrogens is 302 g/mol. The summed E-state index contributed by atoms with van der Waals surface area (Å²) in [5, 5.41) is 5.22. The Morgan fingerprint density at radius 1 is 1.35 bits per heavy atom. The third-order valence-corrected chi connectivity index (χ3v) is 3.69. The van der Waals surface area contributed by atoms with Gasteiger partial charge in [0, 0.05) is 24.1 Å². The number of benzene rings is 1. The summed E-state index contributed by atoms with van der Waals surface area (Å²) in [6.07, 6.45) is 0.803. The lowest BCUT2D eigenvalue weighted by Crippen LogP contribution is -2.07. The number of rotatable bonds is 3. The van der Waals surface area contributed by atoms with E-state index < -0.39 is 0 Å². The molecule has 0 unspecified atom stereocenters. The van der Waals surface area contributed by atoms with E-state index in [9.17, 15) is 0 Å². The van der Waals surface area contributed by atoms with E-state index in [2.05, 4.69) is 21.0 Å². The lowest BCUT2D eigenvalue weighted by Gasteiger charge is -1.99. The second-order valence-electron chi connectivity index (χ2n) is 3.78. The SMILES string of the molecule is Cn1nc(-c2ccc(Cl)cc2)c(Br)c1CCN. The van der Waals surface area contributed by atoms with Gasteiger partial charge in [-0.2, -0.15) is 5.10 Å². The van der Waals surface area contributed by atoms with Crippen molar-refractivity contribution in [2.45, 2.75) is 6.42 Å². The molecule has 0 spiro atoms. The van der Waals surface area contributed by atoms with Crippen LogP contribution in [0.15, 0.2) is 28.7 Å². The van der Waals surface area contributed by atoms with Crippen LogP contribution < -0.4 is 5.73 Å². The fourth-order valence-corrected chi connectivity index (χ4v) is 2.62. The third kappa shape index (κ3) is 2.54. The Bertz CT molecular complexity index is 519. The van der Waals surface area contributed by atoms with Gasteiger partial charge in [-0.3, -0.25) is 4.68 Å². The van der Waals surface area contributed by atoms with Crippen molar-refractivity contribution in [3.05, 3.63) is 39.5 Å². The van der Waals surface area contributed by atoms with E-state index in [0.717, 1.165) is 32.9 Å². The molecule has 0 radical (unpaired) electrons. The van der Waals surface area contributed by atoms with Crippen LogP contribution in [0.25, 0.3) is 11.3 Å². The van der Waals surface area contributed by atoms with Gasteiger partial charge in [0.2, 0.25) is 0 Å². The second kappa shape index (κ2) is 5.21. The Hall–Kier alpha value is -0.840. The minimum absolute atomic E-state index is 0.609. The second-order valence-corrected chi connectivity index (χ2v) is 5.01. The van der Waals surface area contributed by atoms with E-state index >= 15 is 0 Å². The van der Waals surface area contributed by atoms with Crippen molar-refractivity contribution < 1.29 is 0 Å². The summed E-state index contributed by atoms with van der Waals surface area (Å²) in [7, 11) is 1.93. The lowest BCUT2D eigenvalue weighted by atomic mass is 10.1. The minimum atomic E-state index is 0.609. The van der Waals surface area contributed by atoms with E-state index in [0.29, 0.717) is 6.54 Å². The lowest BCUT2D eigenvalue weighted by molar-refractivity contribution is 0.707. The van der Waals surface area contributed by atoms with Gasteiger partial charge in [-0.15, -0.1) is 0 Å². The number of halogens is 2. The number of nitrogens with two attached hydrogens (primary N) is 1. The molecule has 90 valence electrons. The quantitative estimate of drug-likeness (QED) is 0.946. The van der Waals surface area contributed by atoms with Crippen LogP contribution in [0, 0.1) is 0 Å². The standard InChI is InChI=1S/C12H13BrClN3/c1-17-10(6-7-15)11(13)12(16-17)8-2-4-9(14)5-3-8/h2-5H,6-7,15H2,1H3. The monoisotopic (exact) mass is 313 g/mol. The molecular formula is C12H13BrClN3. The smallest absolute Gasteiger partial charge is 0.107 e. The largest absolute Gasteiger partial charge is 0.330 e. The highest BCUT2D eigenvalue weighted by atomic mass is 79.9. The minimum Gasteiger partial charge on any atom is -0.330 e. The number of aromatic nitrogens is 2. The Labute approximate surface area is 114 Å². The molecule has 1 heterocycles. The van der Waals surface area contributed by atoms with Crippen molar-refractivity contribution in [1.29, 1.82) is 0 Å². The molecule has 17 heavy (non-hydrogen) atoms. The Morgan fingerprint density at radius 3 is 2.59 bits per heavy atom. The summed E-state index contributed by atoms with van der Waals surface area (Å²) < 4.78 is 2.87. The van der Waals surface area contributed by atoms with E-state index in [1.807, 2.05) is 36.0 Å². The fraction of sp³-hybridized carbons (Fsp3) is 0.250. The van der Waals surface area contributed by atoms with E-state index in [1.54, 1.807) is 0 Å². The average molecular weight is 315 g/mol. The van der Waals surface area contributed by atoms with Crippen molar-refractivity contribution in [1.82, 2.24) is 9.78 Å². The van der Waals surface area contributed by atoms with Gasteiger partial charge in [-0.05, 0) is 34.6 Å². The molecule has 3 nitrogen and oxygen atoms in total. The number of hydrogen-bond donors (Lipinski definition) is 1. The van der Waals surface area contributed by atoms with Gasteiger partial charge in [-0.1, -0.05) is 23.7 Å². The number of nitrogens with zero attached hydrogens (tertiary/aromatic N) is 2. The summed E-state index contributed by atoms with van der Waals surface area (Å²) in [4.78, 5) is 0. The summed E-state index contributed by atoms with van der Waals surface area (Å²) in [5.74, 6) is 0. The van der Waals surface area contributed by atoms with Crippen LogP contribution in [-0.2, 0) is 13.5 Å². The van der Waals surface area contributed by atoms with Crippen LogP contribution in [0.2, 0.25) is 5.02 Å². The van der Waals surface area contributed by atoms with Gasteiger partial charge < -0.3 is 5.73 Å². The zero-order chi connectivity index (χ0) is 12.4. The van der Waals surface area contributed by atoms with Gasteiger partial charge >= 0.3 is 0 Å². The zero-order valence-electron chi connectivity index (χ0n) is 9.45. The molecule has 0 aliphatic carbocycles. The highest BCUT2D eigenvalue weighted by Crippen LogP contribution is 2.30. The summed E-state index contributed by atoms with van der Waals surface area (Å²) >= 11 is 9.46. The Kier molecular flexibility index (Phi) is 3.86. The molecule has 0 aliphatic heterocycles. The maximum absolute atomic E-state index is 5.87. The topological polar surface area (TPSA) is 43.8 Å². The Morgan fingerprint density at radius 2 is 2.00 bits per heavy atom. The molecule has 2 N–H and O–H groups in total. The van der Waals surface area contributed by atoms with E-state index in [1.165, 1.54) is 0 Å². The van der Waals surface area contributed by atoms with Crippen LogP contribution in [0.4, 0.5) is 0 Å². The highest BCUT2D eigenvalue weighted by molar-refractivity contribution is 9.10. The van der Waals surface area contributed by atoms with E-state index in [4.69, 9.17) is 17.3 Å². The zero-order valence-corrected chi connectivity index (χ0v) is 11.8. The molecule has 0 amide bonds. The van der Waals surface area contributed by atoms with Crippen molar-refractivity contribution in [2.24, 2.45) is 12.8 Å². The molecule has 0 bridgehead atoms. The van der Waals surface area contributed by atoms with Crippen molar-refractivity contribution in [3.8, 4) is 11.3 Å². The third-order valence-electron chi connectivity index (χ3n) is 2.60. The van der Waals surface area contributed by atoms with Gasteiger partial charge in [-0.25, -0.2) is 0 Å². The average Bonchev–Trinajstić information content (AvgIpc) is 2.59. The first kappa shape index (κ1) is 12.6. The molecule has 1 aromatic carbocycles. The molecule has 5 heteroatoms. The molecule has 0 fully saturated rings. The first-order valence-electron chi connectivity index (χ1n) is 5.31. The van der Waals surface area contributed by atoms with Gasteiger partial charge in [0.1, 0.15) is 5.69 Å². The van der Waals surface area contributed by atoms with Crippen molar-refractivity contribution in [2.75, 3.05) is 6.54 Å². The van der Waals surface area contributed by atoms with Gasteiger partial charge in [0.25, 0.3) is 0 Å². The van der Waals surface area contributed by atoms with Crippen LogP contribution in [0.3, 0.4) is 0 Å². The highest BCUT2D eigenvalue weighted by Gasteiger charge is 2.14. The predicted molar refractivity (Wildman–Crippen MR) is 74.1 cm³/mol. The van der Waals surface area contributed by atoms with E-state index in [-0.39, 0.29) is 0 Å². The molecule has 0 saturated heterocycles. The van der Waals surface area contributed by atoms with Crippen LogP contribution in [0.5, 0.6) is 0 Å². The molecule has 2 aromatic rings. The summed E-state index contributed by atoms with van der Waals surface area (Å²) in [6, 6.07) is 7.64. The fourth-order valence-electron chi connectivity index (χ4n) is 1.73. The molecule has 2 rings (SSSR count). The predicted octanol–water partition coefficient (Wildman–Crippen LogP) is 3.00. The Balaban J connectivity index is 2.46. The number of aryl methyl sites for hydroxylation is 1. The van der Waals surface area contributed by atoms with Crippen LogP contribution in [-0.4, -0.2) is 16.3 Å². The van der Waals surface area contributed by atoms with Crippen LogP contribution >= 0.6 is 27.5 Å².